The lowest BCUT2D eigenvalue weighted by Crippen LogP contribution is -2.46. The van der Waals surface area contributed by atoms with E-state index in [0.717, 1.165) is 6.42 Å². The zero-order valence-electron chi connectivity index (χ0n) is 10.4. The van der Waals surface area contributed by atoms with Crippen molar-refractivity contribution in [3.63, 3.8) is 0 Å². The second-order valence-electron chi connectivity index (χ2n) is 5.47. The van der Waals surface area contributed by atoms with Crippen molar-refractivity contribution < 1.29 is 24.1 Å². The zero-order chi connectivity index (χ0) is 12.8. The van der Waals surface area contributed by atoms with Crippen LogP contribution in [0.2, 0.25) is 0 Å². The summed E-state index contributed by atoms with van der Waals surface area (Å²) >= 11 is 0. The van der Waals surface area contributed by atoms with Crippen molar-refractivity contribution in [1.29, 1.82) is 0 Å². The molecule has 0 amide bonds. The van der Waals surface area contributed by atoms with E-state index < -0.39 is 17.4 Å². The van der Waals surface area contributed by atoms with Crippen LogP contribution < -0.4 is 0 Å². The maximum absolute atomic E-state index is 11.7. The molecule has 3 aliphatic rings. The predicted molar refractivity (Wildman–Crippen MR) is 61.6 cm³/mol. The average molecular weight is 254 g/mol. The number of carbonyl (C=O) groups is 1. The molecule has 2 fully saturated rings. The van der Waals surface area contributed by atoms with Crippen molar-refractivity contribution in [1.82, 2.24) is 0 Å². The van der Waals surface area contributed by atoms with E-state index in [1.807, 2.05) is 13.0 Å². The molecule has 0 aromatic heterocycles. The number of ether oxygens (including phenoxy) is 3. The number of aliphatic hydroxyl groups is 1. The Morgan fingerprint density at radius 1 is 1.33 bits per heavy atom. The average Bonchev–Trinajstić information content (AvgIpc) is 2.87. The number of esters is 1. The molecule has 0 aromatic rings. The largest absolute Gasteiger partial charge is 0.463 e. The Morgan fingerprint density at radius 3 is 2.78 bits per heavy atom. The molecule has 100 valence electrons. The van der Waals surface area contributed by atoms with Crippen LogP contribution in [0.25, 0.3) is 0 Å². The highest BCUT2D eigenvalue weighted by Crippen LogP contribution is 2.42. The van der Waals surface area contributed by atoms with Crippen LogP contribution in [0, 0.1) is 11.8 Å². The number of allylic oxidation sites excluding steroid dienone is 1. The van der Waals surface area contributed by atoms with E-state index in [-0.39, 0.29) is 18.4 Å². The van der Waals surface area contributed by atoms with Crippen molar-refractivity contribution in [2.24, 2.45) is 11.8 Å². The molecule has 5 heteroatoms. The Bertz CT molecular complexity index is 385. The molecule has 2 saturated heterocycles. The first-order valence-electron chi connectivity index (χ1n) is 6.41. The van der Waals surface area contributed by atoms with Crippen molar-refractivity contribution in [3.8, 4) is 0 Å². The molecule has 0 bridgehead atoms. The van der Waals surface area contributed by atoms with E-state index in [9.17, 15) is 9.90 Å². The Kier molecular flexibility index (Phi) is 2.73. The lowest BCUT2D eigenvalue weighted by molar-refractivity contribution is -0.188. The topological polar surface area (TPSA) is 65.0 Å². The summed E-state index contributed by atoms with van der Waals surface area (Å²) in [4.78, 5) is 11.7. The first kappa shape index (κ1) is 12.1. The van der Waals surface area contributed by atoms with E-state index in [4.69, 9.17) is 14.2 Å². The minimum atomic E-state index is -1.52. The van der Waals surface area contributed by atoms with Crippen molar-refractivity contribution in [3.05, 3.63) is 12.2 Å². The molecule has 0 radical (unpaired) electrons. The van der Waals surface area contributed by atoms with E-state index in [1.54, 1.807) is 6.08 Å². The van der Waals surface area contributed by atoms with Gasteiger partial charge in [0, 0.05) is 18.8 Å². The smallest absolute Gasteiger partial charge is 0.342 e. The Balaban J connectivity index is 1.94. The fourth-order valence-electron chi connectivity index (χ4n) is 3.07. The van der Waals surface area contributed by atoms with E-state index >= 15 is 0 Å². The number of carbonyl (C=O) groups excluding carboxylic acids is 1. The highest BCUT2D eigenvalue weighted by Gasteiger charge is 2.54. The molecular formula is C13H18O5. The molecule has 0 unspecified atom stereocenters. The first-order valence-corrected chi connectivity index (χ1v) is 6.41. The van der Waals surface area contributed by atoms with Gasteiger partial charge in [-0.15, -0.1) is 0 Å². The lowest BCUT2D eigenvalue weighted by Gasteiger charge is -2.36. The third kappa shape index (κ3) is 1.77. The minimum Gasteiger partial charge on any atom is -0.463 e. The van der Waals surface area contributed by atoms with Crippen molar-refractivity contribution in [2.75, 3.05) is 19.8 Å². The van der Waals surface area contributed by atoms with Crippen molar-refractivity contribution in [2.45, 2.75) is 31.2 Å². The molecule has 1 spiro atoms. The summed E-state index contributed by atoms with van der Waals surface area (Å²) in [5, 5.41) is 10.5. The fraction of sp³-hybridized carbons (Fsp3) is 0.769. The molecule has 0 aromatic carbocycles. The normalized spacial score (nSPS) is 42.4. The highest BCUT2D eigenvalue weighted by molar-refractivity contribution is 5.84. The van der Waals surface area contributed by atoms with Gasteiger partial charge in [0.05, 0.1) is 19.8 Å². The van der Waals surface area contributed by atoms with Gasteiger partial charge in [0.15, 0.2) is 11.4 Å². The summed E-state index contributed by atoms with van der Waals surface area (Å²) in [6, 6.07) is 0. The number of rotatable bonds is 0. The molecule has 0 saturated carbocycles. The van der Waals surface area contributed by atoms with Gasteiger partial charge in [-0.25, -0.2) is 4.79 Å². The summed E-state index contributed by atoms with van der Waals surface area (Å²) in [6.07, 6.45) is 4.67. The highest BCUT2D eigenvalue weighted by atomic mass is 16.7. The molecule has 2 aliphatic heterocycles. The summed E-state index contributed by atoms with van der Waals surface area (Å²) in [5.74, 6) is -1.35. The van der Waals surface area contributed by atoms with Crippen LogP contribution in [0.15, 0.2) is 12.2 Å². The van der Waals surface area contributed by atoms with Crippen LogP contribution >= 0.6 is 0 Å². The van der Waals surface area contributed by atoms with Gasteiger partial charge in [-0.2, -0.15) is 0 Å². The standard InChI is InChI=1S/C13H18O5/c1-9-2-3-13(15)10(8-16-11(13)14)7-12(6-9)17-4-5-18-12/h2-3,9-10,15H,4-8H2,1H3/t9-,10-,13-/m0/s1. The van der Waals surface area contributed by atoms with E-state index in [1.165, 1.54) is 0 Å². The molecule has 5 nitrogen and oxygen atoms in total. The predicted octanol–water partition coefficient (Wildman–Crippen LogP) is 0.620. The van der Waals surface area contributed by atoms with Gasteiger partial charge < -0.3 is 19.3 Å². The molecule has 1 aliphatic carbocycles. The van der Waals surface area contributed by atoms with Crippen LogP contribution in [-0.4, -0.2) is 42.3 Å². The van der Waals surface area contributed by atoms with Gasteiger partial charge in [-0.3, -0.25) is 0 Å². The third-order valence-corrected chi connectivity index (χ3v) is 4.05. The molecule has 2 heterocycles. The Hall–Kier alpha value is -0.910. The maximum atomic E-state index is 11.7. The maximum Gasteiger partial charge on any atom is 0.342 e. The molecular weight excluding hydrogens is 236 g/mol. The van der Waals surface area contributed by atoms with Gasteiger partial charge >= 0.3 is 5.97 Å². The second-order valence-corrected chi connectivity index (χ2v) is 5.47. The molecule has 3 atom stereocenters. The Labute approximate surface area is 106 Å². The quantitative estimate of drug-likeness (QED) is 0.507. The Morgan fingerprint density at radius 2 is 2.06 bits per heavy atom. The first-order chi connectivity index (χ1) is 8.54. The molecule has 1 N–H and O–H groups in total. The second kappa shape index (κ2) is 4.05. The number of fused-ring (bicyclic) bond motifs is 1. The van der Waals surface area contributed by atoms with E-state index in [0.29, 0.717) is 19.6 Å². The lowest BCUT2D eigenvalue weighted by atomic mass is 9.79. The van der Waals surface area contributed by atoms with Gasteiger partial charge in [-0.1, -0.05) is 13.0 Å². The van der Waals surface area contributed by atoms with Crippen LogP contribution in [0.3, 0.4) is 0 Å². The van der Waals surface area contributed by atoms with Gasteiger partial charge in [0.1, 0.15) is 0 Å². The zero-order valence-corrected chi connectivity index (χ0v) is 10.4. The summed E-state index contributed by atoms with van der Waals surface area (Å²) in [5.41, 5.74) is -1.52. The number of hydrogen-bond donors (Lipinski definition) is 1. The SMILES string of the molecule is C[C@H]1C=C[C@@]2(O)C(=O)OC[C@@H]2CC2(C1)OCCO2. The number of hydrogen-bond acceptors (Lipinski definition) is 5. The summed E-state index contributed by atoms with van der Waals surface area (Å²) in [6.45, 7) is 3.38. The van der Waals surface area contributed by atoms with Gasteiger partial charge in [0.25, 0.3) is 0 Å². The van der Waals surface area contributed by atoms with Gasteiger partial charge in [-0.05, 0) is 12.0 Å². The van der Waals surface area contributed by atoms with Crippen LogP contribution in [0.1, 0.15) is 19.8 Å². The summed E-state index contributed by atoms with van der Waals surface area (Å²) in [7, 11) is 0. The van der Waals surface area contributed by atoms with Crippen LogP contribution in [0.5, 0.6) is 0 Å². The van der Waals surface area contributed by atoms with E-state index in [2.05, 4.69) is 0 Å². The third-order valence-electron chi connectivity index (χ3n) is 4.05. The molecule has 3 rings (SSSR count). The number of cyclic esters (lactones) is 1. The summed E-state index contributed by atoms with van der Waals surface area (Å²) < 4.78 is 16.5. The monoisotopic (exact) mass is 254 g/mol. The minimum absolute atomic E-state index is 0.182. The molecule has 18 heavy (non-hydrogen) atoms. The van der Waals surface area contributed by atoms with Crippen LogP contribution in [0.4, 0.5) is 0 Å². The van der Waals surface area contributed by atoms with Crippen LogP contribution in [-0.2, 0) is 19.0 Å². The fourth-order valence-corrected chi connectivity index (χ4v) is 3.07. The van der Waals surface area contributed by atoms with Gasteiger partial charge in [0.2, 0.25) is 0 Å². The van der Waals surface area contributed by atoms with Crippen molar-refractivity contribution >= 4 is 5.97 Å².